The Morgan fingerprint density at radius 1 is 0.913 bits per heavy atom. The van der Waals surface area contributed by atoms with Gasteiger partial charge < -0.3 is 5.32 Å². The third-order valence-electron chi connectivity index (χ3n) is 4.26. The molecule has 1 heterocycles. The first-order chi connectivity index (χ1) is 11.0. The predicted molar refractivity (Wildman–Crippen MR) is 81.0 cm³/mol. The molecule has 0 aliphatic carbocycles. The average Bonchev–Trinajstić information content (AvgIpc) is 2.55. The van der Waals surface area contributed by atoms with E-state index in [1.807, 2.05) is 30.3 Å². The lowest BCUT2D eigenvalue weighted by atomic mass is 9.77. The van der Waals surface area contributed by atoms with E-state index in [1.54, 1.807) is 0 Å². The van der Waals surface area contributed by atoms with Crippen molar-refractivity contribution >= 4 is 5.91 Å². The van der Waals surface area contributed by atoms with Gasteiger partial charge in [0.05, 0.1) is 11.5 Å². The highest BCUT2D eigenvalue weighted by molar-refractivity contribution is 5.85. The third-order valence-corrected chi connectivity index (χ3v) is 4.26. The van der Waals surface area contributed by atoms with Gasteiger partial charge in [-0.2, -0.15) is 13.2 Å². The van der Waals surface area contributed by atoms with Crippen molar-refractivity contribution in [3.8, 4) is 0 Å². The number of nitrogens with one attached hydrogen (secondary N) is 1. The standard InChI is InChI=1S/C18H16F3NO/c19-18(20,21)14-8-6-12(7-9-14)15-10-11-22-17(23)16(15)13-4-2-1-3-5-13/h1-9,15-16H,10-11H2,(H,22,23)/t15-,16+/m0/s1. The molecule has 0 bridgehead atoms. The van der Waals surface area contributed by atoms with E-state index in [1.165, 1.54) is 12.1 Å². The SMILES string of the molecule is O=C1NCC[C@@H](c2ccc(C(F)(F)F)cc2)[C@H]1c1ccccc1. The Morgan fingerprint density at radius 3 is 2.17 bits per heavy atom. The molecule has 0 saturated carbocycles. The second-order valence-corrected chi connectivity index (χ2v) is 5.69. The first kappa shape index (κ1) is 15.6. The van der Waals surface area contributed by atoms with Crippen molar-refractivity contribution in [2.45, 2.75) is 24.4 Å². The summed E-state index contributed by atoms with van der Waals surface area (Å²) in [4.78, 5) is 12.3. The summed E-state index contributed by atoms with van der Waals surface area (Å²) in [5.74, 6) is -0.567. The van der Waals surface area contributed by atoms with Crippen molar-refractivity contribution in [3.63, 3.8) is 0 Å². The lowest BCUT2D eigenvalue weighted by Gasteiger charge is -2.32. The minimum Gasteiger partial charge on any atom is -0.356 e. The van der Waals surface area contributed by atoms with Crippen molar-refractivity contribution in [1.29, 1.82) is 0 Å². The van der Waals surface area contributed by atoms with Gasteiger partial charge in [-0.25, -0.2) is 0 Å². The van der Waals surface area contributed by atoms with Crippen molar-refractivity contribution in [1.82, 2.24) is 5.32 Å². The van der Waals surface area contributed by atoms with Gasteiger partial charge in [-0.15, -0.1) is 0 Å². The molecule has 1 saturated heterocycles. The average molecular weight is 319 g/mol. The highest BCUT2D eigenvalue weighted by Crippen LogP contribution is 2.39. The van der Waals surface area contributed by atoms with Crippen molar-refractivity contribution < 1.29 is 18.0 Å². The first-order valence-electron chi connectivity index (χ1n) is 7.46. The Morgan fingerprint density at radius 2 is 1.57 bits per heavy atom. The fraction of sp³-hybridized carbons (Fsp3) is 0.278. The number of hydrogen-bond acceptors (Lipinski definition) is 1. The van der Waals surface area contributed by atoms with Gasteiger partial charge in [-0.3, -0.25) is 4.79 Å². The summed E-state index contributed by atoms with van der Waals surface area (Å²) in [5, 5.41) is 2.85. The fourth-order valence-corrected chi connectivity index (χ4v) is 3.13. The molecule has 1 amide bonds. The van der Waals surface area contributed by atoms with Crippen LogP contribution in [0.3, 0.4) is 0 Å². The predicted octanol–water partition coefficient (Wildman–Crippen LogP) is 4.09. The molecule has 1 aliphatic rings. The quantitative estimate of drug-likeness (QED) is 0.887. The van der Waals surface area contributed by atoms with Crippen LogP contribution in [0.15, 0.2) is 54.6 Å². The van der Waals surface area contributed by atoms with Crippen LogP contribution >= 0.6 is 0 Å². The van der Waals surface area contributed by atoms with E-state index in [2.05, 4.69) is 5.32 Å². The van der Waals surface area contributed by atoms with Crippen molar-refractivity contribution in [2.24, 2.45) is 0 Å². The minimum atomic E-state index is -4.35. The fourth-order valence-electron chi connectivity index (χ4n) is 3.13. The number of carbonyl (C=O) groups excluding carboxylic acids is 1. The van der Waals surface area contributed by atoms with E-state index in [0.29, 0.717) is 13.0 Å². The van der Waals surface area contributed by atoms with E-state index in [4.69, 9.17) is 0 Å². The smallest absolute Gasteiger partial charge is 0.356 e. The Labute approximate surface area is 132 Å². The van der Waals surface area contributed by atoms with E-state index >= 15 is 0 Å². The molecule has 1 aliphatic heterocycles. The van der Waals surface area contributed by atoms with Crippen LogP contribution in [-0.4, -0.2) is 12.5 Å². The molecule has 0 radical (unpaired) electrons. The van der Waals surface area contributed by atoms with Crippen LogP contribution in [-0.2, 0) is 11.0 Å². The number of hydrogen-bond donors (Lipinski definition) is 1. The Hall–Kier alpha value is -2.30. The zero-order valence-electron chi connectivity index (χ0n) is 12.3. The molecular weight excluding hydrogens is 303 g/mol. The molecule has 1 N–H and O–H groups in total. The summed E-state index contributed by atoms with van der Waals surface area (Å²) in [6.07, 6.45) is -3.64. The van der Waals surface area contributed by atoms with Crippen molar-refractivity contribution in [2.75, 3.05) is 6.54 Å². The molecule has 2 nitrogen and oxygen atoms in total. The number of piperidine rings is 1. The third kappa shape index (κ3) is 3.23. The largest absolute Gasteiger partial charge is 0.416 e. The van der Waals surface area contributed by atoms with Crippen LogP contribution in [0.2, 0.25) is 0 Å². The highest BCUT2D eigenvalue weighted by atomic mass is 19.4. The summed E-state index contributed by atoms with van der Waals surface area (Å²) in [6.45, 7) is 0.536. The van der Waals surface area contributed by atoms with Crippen molar-refractivity contribution in [3.05, 3.63) is 71.3 Å². The van der Waals surface area contributed by atoms with Gasteiger partial charge in [0.2, 0.25) is 5.91 Å². The summed E-state index contributed by atoms with van der Waals surface area (Å²) in [6, 6.07) is 14.5. The highest BCUT2D eigenvalue weighted by Gasteiger charge is 2.35. The maximum absolute atomic E-state index is 12.7. The Kier molecular flexibility index (Phi) is 4.11. The van der Waals surface area contributed by atoms with E-state index in [-0.39, 0.29) is 17.7 Å². The lowest BCUT2D eigenvalue weighted by molar-refractivity contribution is -0.137. The lowest BCUT2D eigenvalue weighted by Crippen LogP contribution is -2.39. The van der Waals surface area contributed by atoms with Gasteiger partial charge in [0.15, 0.2) is 0 Å². The van der Waals surface area contributed by atoms with Crippen LogP contribution in [0.25, 0.3) is 0 Å². The number of carbonyl (C=O) groups is 1. The number of amides is 1. The number of benzene rings is 2. The molecule has 3 rings (SSSR count). The molecule has 2 atom stereocenters. The topological polar surface area (TPSA) is 29.1 Å². The van der Waals surface area contributed by atoms with E-state index in [9.17, 15) is 18.0 Å². The van der Waals surface area contributed by atoms with Gasteiger partial charge in [0.1, 0.15) is 0 Å². The number of alkyl halides is 3. The summed E-state index contributed by atoms with van der Waals surface area (Å²) < 4.78 is 38.1. The molecule has 0 aromatic heterocycles. The van der Waals surface area contributed by atoms with Gasteiger partial charge in [0.25, 0.3) is 0 Å². The van der Waals surface area contributed by atoms with Crippen LogP contribution in [0.4, 0.5) is 13.2 Å². The maximum atomic E-state index is 12.7. The van der Waals surface area contributed by atoms with Gasteiger partial charge in [-0.05, 0) is 29.7 Å². The zero-order chi connectivity index (χ0) is 16.4. The molecule has 5 heteroatoms. The van der Waals surface area contributed by atoms with Crippen LogP contribution in [0.1, 0.15) is 34.9 Å². The molecule has 0 unspecified atom stereocenters. The van der Waals surface area contributed by atoms with Gasteiger partial charge in [-0.1, -0.05) is 42.5 Å². The summed E-state index contributed by atoms with van der Waals surface area (Å²) in [5.41, 5.74) is 0.981. The second-order valence-electron chi connectivity index (χ2n) is 5.69. The zero-order valence-corrected chi connectivity index (χ0v) is 12.3. The first-order valence-corrected chi connectivity index (χ1v) is 7.46. The van der Waals surface area contributed by atoms with E-state index < -0.39 is 11.7 Å². The molecule has 2 aromatic carbocycles. The number of halogens is 3. The second kappa shape index (κ2) is 6.07. The molecule has 23 heavy (non-hydrogen) atoms. The Bertz CT molecular complexity index is 680. The van der Waals surface area contributed by atoms with Crippen LogP contribution in [0.5, 0.6) is 0 Å². The molecular formula is C18H16F3NO. The number of rotatable bonds is 2. The summed E-state index contributed by atoms with van der Waals surface area (Å²) >= 11 is 0. The maximum Gasteiger partial charge on any atom is 0.416 e. The Balaban J connectivity index is 1.94. The molecule has 0 spiro atoms. The van der Waals surface area contributed by atoms with Gasteiger partial charge >= 0.3 is 6.18 Å². The van der Waals surface area contributed by atoms with E-state index in [0.717, 1.165) is 23.3 Å². The minimum absolute atomic E-state index is 0.0765. The van der Waals surface area contributed by atoms with Gasteiger partial charge in [0, 0.05) is 12.5 Å². The monoisotopic (exact) mass is 319 g/mol. The summed E-state index contributed by atoms with van der Waals surface area (Å²) in [7, 11) is 0. The van der Waals surface area contributed by atoms with Crippen LogP contribution < -0.4 is 5.32 Å². The molecule has 120 valence electrons. The molecule has 1 fully saturated rings. The van der Waals surface area contributed by atoms with Crippen LogP contribution in [0, 0.1) is 0 Å². The molecule has 2 aromatic rings. The normalized spacial score (nSPS) is 21.8.